The fourth-order valence-electron chi connectivity index (χ4n) is 1.95. The zero-order valence-corrected chi connectivity index (χ0v) is 9.49. The number of imidazole rings is 1. The van der Waals surface area contributed by atoms with Crippen molar-refractivity contribution in [3.63, 3.8) is 0 Å². The molecule has 1 aromatic carbocycles. The summed E-state index contributed by atoms with van der Waals surface area (Å²) >= 11 is 0. The maximum Gasteiger partial charge on any atom is 0.124 e. The largest absolute Gasteiger partial charge is 0.324 e. The maximum absolute atomic E-state index is 4.62. The molecule has 0 radical (unpaired) electrons. The van der Waals surface area contributed by atoms with Gasteiger partial charge in [0.2, 0.25) is 0 Å². The van der Waals surface area contributed by atoms with E-state index < -0.39 is 0 Å². The van der Waals surface area contributed by atoms with Crippen LogP contribution in [0.15, 0.2) is 24.3 Å². The van der Waals surface area contributed by atoms with Crippen molar-refractivity contribution in [3.05, 3.63) is 30.1 Å². The molecule has 3 heteroatoms. The Morgan fingerprint density at radius 3 is 2.73 bits per heavy atom. The molecule has 80 valence electrons. The highest BCUT2D eigenvalue weighted by Crippen LogP contribution is 2.20. The molecule has 2 aromatic rings. The number of hydrogen-bond donors (Lipinski definition) is 1. The molecule has 0 bridgehead atoms. The van der Waals surface area contributed by atoms with E-state index in [9.17, 15) is 0 Å². The maximum atomic E-state index is 4.62. The Hall–Kier alpha value is -1.35. The highest BCUT2D eigenvalue weighted by molar-refractivity contribution is 5.76. The number of hydrogen-bond acceptors (Lipinski definition) is 2. The third kappa shape index (κ3) is 1.75. The minimum Gasteiger partial charge on any atom is -0.324 e. The van der Waals surface area contributed by atoms with E-state index in [1.165, 1.54) is 5.52 Å². The SMILES string of the molecule is CNCc1nc2ccccc2n1C(C)C. The second kappa shape index (κ2) is 4.03. The van der Waals surface area contributed by atoms with E-state index in [2.05, 4.69) is 46.9 Å². The Labute approximate surface area is 90.1 Å². The second-order valence-electron chi connectivity index (χ2n) is 4.01. The summed E-state index contributed by atoms with van der Waals surface area (Å²) in [4.78, 5) is 4.62. The lowest BCUT2D eigenvalue weighted by Gasteiger charge is -2.12. The first-order chi connectivity index (χ1) is 7.24. The third-order valence-corrected chi connectivity index (χ3v) is 2.52. The van der Waals surface area contributed by atoms with E-state index in [1.807, 2.05) is 13.1 Å². The van der Waals surface area contributed by atoms with Crippen LogP contribution < -0.4 is 5.32 Å². The standard InChI is InChI=1S/C12H17N3/c1-9(2)15-11-7-5-4-6-10(11)14-12(15)8-13-3/h4-7,9,13H,8H2,1-3H3. The molecule has 0 aliphatic carbocycles. The number of nitrogens with zero attached hydrogens (tertiary/aromatic N) is 2. The van der Waals surface area contributed by atoms with Gasteiger partial charge >= 0.3 is 0 Å². The van der Waals surface area contributed by atoms with Gasteiger partial charge in [-0.15, -0.1) is 0 Å². The van der Waals surface area contributed by atoms with Crippen LogP contribution in [-0.2, 0) is 6.54 Å². The Kier molecular flexibility index (Phi) is 2.73. The molecule has 0 amide bonds. The lowest BCUT2D eigenvalue weighted by atomic mass is 10.3. The van der Waals surface area contributed by atoms with E-state index in [-0.39, 0.29) is 0 Å². The molecule has 1 aromatic heterocycles. The quantitative estimate of drug-likeness (QED) is 0.829. The van der Waals surface area contributed by atoms with Crippen molar-refractivity contribution in [2.75, 3.05) is 7.05 Å². The molecule has 0 unspecified atom stereocenters. The first kappa shape index (κ1) is 10.2. The number of para-hydroxylation sites is 2. The van der Waals surface area contributed by atoms with Crippen LogP contribution in [0.4, 0.5) is 0 Å². The number of fused-ring (bicyclic) bond motifs is 1. The summed E-state index contributed by atoms with van der Waals surface area (Å²) in [5.74, 6) is 1.11. The molecule has 0 saturated heterocycles. The summed E-state index contributed by atoms with van der Waals surface area (Å²) in [6.45, 7) is 5.19. The van der Waals surface area contributed by atoms with Crippen molar-refractivity contribution in [1.29, 1.82) is 0 Å². The molecule has 2 rings (SSSR count). The fraction of sp³-hybridized carbons (Fsp3) is 0.417. The van der Waals surface area contributed by atoms with Crippen LogP contribution in [0.5, 0.6) is 0 Å². The zero-order chi connectivity index (χ0) is 10.8. The second-order valence-corrected chi connectivity index (χ2v) is 4.01. The van der Waals surface area contributed by atoms with Gasteiger partial charge in [0.15, 0.2) is 0 Å². The molecule has 1 heterocycles. The number of rotatable bonds is 3. The highest BCUT2D eigenvalue weighted by Gasteiger charge is 2.11. The topological polar surface area (TPSA) is 29.9 Å². The summed E-state index contributed by atoms with van der Waals surface area (Å²) < 4.78 is 2.28. The minimum absolute atomic E-state index is 0.445. The van der Waals surface area contributed by atoms with Crippen LogP contribution in [0.1, 0.15) is 25.7 Å². The Morgan fingerprint density at radius 1 is 1.33 bits per heavy atom. The van der Waals surface area contributed by atoms with Crippen LogP contribution in [0, 0.1) is 0 Å². The number of nitrogens with one attached hydrogen (secondary N) is 1. The predicted octanol–water partition coefficient (Wildman–Crippen LogP) is 2.34. The van der Waals surface area contributed by atoms with E-state index in [0.29, 0.717) is 6.04 Å². The van der Waals surface area contributed by atoms with Crippen LogP contribution in [0.2, 0.25) is 0 Å². The monoisotopic (exact) mass is 203 g/mol. The van der Waals surface area contributed by atoms with Crippen molar-refractivity contribution in [2.45, 2.75) is 26.4 Å². The van der Waals surface area contributed by atoms with Gasteiger partial charge < -0.3 is 9.88 Å². The predicted molar refractivity (Wildman–Crippen MR) is 62.9 cm³/mol. The molecule has 0 atom stereocenters. The van der Waals surface area contributed by atoms with Crippen LogP contribution in [0.3, 0.4) is 0 Å². The van der Waals surface area contributed by atoms with Crippen LogP contribution in [-0.4, -0.2) is 16.6 Å². The Balaban J connectivity index is 2.63. The first-order valence-electron chi connectivity index (χ1n) is 5.34. The lowest BCUT2D eigenvalue weighted by molar-refractivity contribution is 0.570. The number of aromatic nitrogens is 2. The molecule has 0 aliphatic heterocycles. The van der Waals surface area contributed by atoms with E-state index in [0.717, 1.165) is 17.9 Å². The van der Waals surface area contributed by atoms with Crippen LogP contribution >= 0.6 is 0 Å². The molecule has 0 fully saturated rings. The molecule has 15 heavy (non-hydrogen) atoms. The van der Waals surface area contributed by atoms with Gasteiger partial charge in [0.25, 0.3) is 0 Å². The molecular formula is C12H17N3. The smallest absolute Gasteiger partial charge is 0.124 e. The molecule has 0 spiro atoms. The fourth-order valence-corrected chi connectivity index (χ4v) is 1.95. The van der Waals surface area contributed by atoms with E-state index >= 15 is 0 Å². The zero-order valence-electron chi connectivity index (χ0n) is 9.49. The van der Waals surface area contributed by atoms with Gasteiger partial charge in [0.05, 0.1) is 17.6 Å². The first-order valence-corrected chi connectivity index (χ1v) is 5.34. The van der Waals surface area contributed by atoms with Gasteiger partial charge in [0.1, 0.15) is 5.82 Å². The van der Waals surface area contributed by atoms with Crippen molar-refractivity contribution >= 4 is 11.0 Å². The summed E-state index contributed by atoms with van der Waals surface area (Å²) in [5, 5.41) is 3.16. The van der Waals surface area contributed by atoms with Gasteiger partial charge in [-0.2, -0.15) is 0 Å². The van der Waals surface area contributed by atoms with Gasteiger partial charge in [-0.05, 0) is 33.0 Å². The van der Waals surface area contributed by atoms with Crippen molar-refractivity contribution in [3.8, 4) is 0 Å². The molecule has 0 aliphatic rings. The number of benzene rings is 1. The van der Waals surface area contributed by atoms with Crippen molar-refractivity contribution < 1.29 is 0 Å². The van der Waals surface area contributed by atoms with E-state index in [1.54, 1.807) is 0 Å². The van der Waals surface area contributed by atoms with Crippen molar-refractivity contribution in [1.82, 2.24) is 14.9 Å². The highest BCUT2D eigenvalue weighted by atomic mass is 15.1. The minimum atomic E-state index is 0.445. The summed E-state index contributed by atoms with van der Waals surface area (Å²) in [6.07, 6.45) is 0. The summed E-state index contributed by atoms with van der Waals surface area (Å²) in [5.41, 5.74) is 2.30. The molecule has 3 nitrogen and oxygen atoms in total. The molecular weight excluding hydrogens is 186 g/mol. The van der Waals surface area contributed by atoms with Gasteiger partial charge in [-0.25, -0.2) is 4.98 Å². The average molecular weight is 203 g/mol. The van der Waals surface area contributed by atoms with Gasteiger partial charge in [-0.1, -0.05) is 12.1 Å². The molecule has 1 N–H and O–H groups in total. The lowest BCUT2D eigenvalue weighted by Crippen LogP contribution is -2.13. The van der Waals surface area contributed by atoms with E-state index in [4.69, 9.17) is 0 Å². The Bertz CT molecular complexity index is 457. The van der Waals surface area contributed by atoms with Gasteiger partial charge in [-0.3, -0.25) is 0 Å². The van der Waals surface area contributed by atoms with Crippen LogP contribution in [0.25, 0.3) is 11.0 Å². The Morgan fingerprint density at radius 2 is 2.07 bits per heavy atom. The summed E-state index contributed by atoms with van der Waals surface area (Å²) in [7, 11) is 1.95. The average Bonchev–Trinajstić information content (AvgIpc) is 2.56. The summed E-state index contributed by atoms with van der Waals surface area (Å²) in [6, 6.07) is 8.73. The third-order valence-electron chi connectivity index (χ3n) is 2.52. The normalized spacial score (nSPS) is 11.5. The van der Waals surface area contributed by atoms with Gasteiger partial charge in [0, 0.05) is 6.04 Å². The van der Waals surface area contributed by atoms with Crippen molar-refractivity contribution in [2.24, 2.45) is 0 Å². The molecule has 0 saturated carbocycles.